The zero-order valence-corrected chi connectivity index (χ0v) is 13.9. The van der Waals surface area contributed by atoms with E-state index in [1.165, 1.54) is 12.1 Å². The van der Waals surface area contributed by atoms with Crippen LogP contribution in [-0.4, -0.2) is 28.2 Å². The third kappa shape index (κ3) is 3.69. The van der Waals surface area contributed by atoms with Crippen LogP contribution in [0.1, 0.15) is 5.56 Å². The lowest BCUT2D eigenvalue weighted by Gasteiger charge is -2.19. The monoisotopic (exact) mass is 355 g/mol. The van der Waals surface area contributed by atoms with E-state index in [1.807, 2.05) is 0 Å². The highest BCUT2D eigenvalue weighted by Gasteiger charge is 2.25. The van der Waals surface area contributed by atoms with Crippen LogP contribution < -0.4 is 4.90 Å². The molecular formula is C17H13N3O4S. The average molecular weight is 355 g/mol. The number of rotatable bonds is 3. The Morgan fingerprint density at radius 1 is 1.16 bits per heavy atom. The number of phenols is 1. The maximum atomic E-state index is 11.8. The molecule has 0 saturated heterocycles. The SMILES string of the molecule is CN(C1=NC(=O)SC1=Cc1ccc([N+](=O)[O-])cc1)c1ccc(O)cc1. The largest absolute Gasteiger partial charge is 0.508 e. The number of anilines is 1. The first kappa shape index (κ1) is 16.7. The molecule has 126 valence electrons. The number of thioether (sulfide) groups is 1. The van der Waals surface area contributed by atoms with Crippen LogP contribution >= 0.6 is 11.8 Å². The van der Waals surface area contributed by atoms with E-state index in [9.17, 15) is 20.0 Å². The lowest BCUT2D eigenvalue weighted by Crippen LogP contribution is -2.25. The number of likely N-dealkylation sites (N-methyl/N-ethyl adjacent to an activating group) is 1. The van der Waals surface area contributed by atoms with Gasteiger partial charge in [0.25, 0.3) is 5.69 Å². The molecule has 0 bridgehead atoms. The number of nitro groups is 1. The Morgan fingerprint density at radius 2 is 1.80 bits per heavy atom. The van der Waals surface area contributed by atoms with E-state index < -0.39 is 4.92 Å². The van der Waals surface area contributed by atoms with Crippen molar-refractivity contribution in [3.8, 4) is 5.75 Å². The van der Waals surface area contributed by atoms with Gasteiger partial charge in [-0.2, -0.15) is 4.99 Å². The number of benzene rings is 2. The highest BCUT2D eigenvalue weighted by atomic mass is 32.2. The van der Waals surface area contributed by atoms with Crippen molar-refractivity contribution in [2.24, 2.45) is 4.99 Å². The second-order valence-corrected chi connectivity index (χ2v) is 6.23. The predicted molar refractivity (Wildman–Crippen MR) is 98.0 cm³/mol. The molecule has 1 N–H and O–H groups in total. The normalized spacial score (nSPS) is 15.3. The minimum Gasteiger partial charge on any atom is -0.508 e. The Labute approximate surface area is 147 Å². The van der Waals surface area contributed by atoms with Gasteiger partial charge in [-0.15, -0.1) is 0 Å². The summed E-state index contributed by atoms with van der Waals surface area (Å²) in [4.78, 5) is 28.5. The smallest absolute Gasteiger partial charge is 0.311 e. The van der Waals surface area contributed by atoms with Gasteiger partial charge in [0.1, 0.15) is 5.75 Å². The molecule has 1 aliphatic heterocycles. The van der Waals surface area contributed by atoms with E-state index in [4.69, 9.17) is 0 Å². The van der Waals surface area contributed by atoms with E-state index >= 15 is 0 Å². The molecule has 1 aliphatic rings. The number of carbonyl (C=O) groups is 1. The molecule has 0 radical (unpaired) electrons. The van der Waals surface area contributed by atoms with Gasteiger partial charge in [-0.25, -0.2) is 0 Å². The first-order chi connectivity index (χ1) is 11.9. The van der Waals surface area contributed by atoms with Crippen molar-refractivity contribution < 1.29 is 14.8 Å². The number of hydrogen-bond acceptors (Lipinski definition) is 6. The van der Waals surface area contributed by atoms with Gasteiger partial charge in [0, 0.05) is 24.9 Å². The van der Waals surface area contributed by atoms with Crippen LogP contribution in [0, 0.1) is 10.1 Å². The van der Waals surface area contributed by atoms with Crippen molar-refractivity contribution in [3.05, 3.63) is 69.1 Å². The topological polar surface area (TPSA) is 96.0 Å². The summed E-state index contributed by atoms with van der Waals surface area (Å²) in [6.45, 7) is 0. The zero-order valence-electron chi connectivity index (χ0n) is 13.1. The van der Waals surface area contributed by atoms with Crippen molar-refractivity contribution in [1.29, 1.82) is 0 Å². The van der Waals surface area contributed by atoms with E-state index in [1.54, 1.807) is 54.4 Å². The molecule has 0 atom stereocenters. The molecule has 0 aliphatic carbocycles. The maximum absolute atomic E-state index is 11.8. The first-order valence-corrected chi connectivity index (χ1v) is 8.05. The van der Waals surface area contributed by atoms with Gasteiger partial charge in [-0.3, -0.25) is 14.9 Å². The summed E-state index contributed by atoms with van der Waals surface area (Å²) in [6.07, 6.45) is 1.76. The van der Waals surface area contributed by atoms with Crippen LogP contribution in [0.2, 0.25) is 0 Å². The molecule has 1 amide bonds. The number of carbonyl (C=O) groups excluding carboxylic acids is 1. The quantitative estimate of drug-likeness (QED) is 0.659. The summed E-state index contributed by atoms with van der Waals surface area (Å²) in [5.74, 6) is 0.636. The molecule has 7 nitrogen and oxygen atoms in total. The van der Waals surface area contributed by atoms with E-state index in [-0.39, 0.29) is 16.7 Å². The fourth-order valence-corrected chi connectivity index (χ4v) is 3.07. The Bertz CT molecular complexity index is 889. The van der Waals surface area contributed by atoms with Gasteiger partial charge in [-0.05, 0) is 59.8 Å². The molecule has 0 aromatic heterocycles. The molecule has 2 aromatic carbocycles. The van der Waals surface area contributed by atoms with Crippen molar-refractivity contribution >= 4 is 40.3 Å². The summed E-state index contributed by atoms with van der Waals surface area (Å²) in [6, 6.07) is 12.6. The number of nitro benzene ring substituents is 1. The molecule has 2 aromatic rings. The third-order valence-corrected chi connectivity index (χ3v) is 4.36. The van der Waals surface area contributed by atoms with Gasteiger partial charge in [0.2, 0.25) is 0 Å². The van der Waals surface area contributed by atoms with Crippen molar-refractivity contribution in [3.63, 3.8) is 0 Å². The molecule has 0 saturated carbocycles. The van der Waals surface area contributed by atoms with Crippen LogP contribution in [0.5, 0.6) is 5.75 Å². The Morgan fingerprint density at radius 3 is 2.40 bits per heavy atom. The van der Waals surface area contributed by atoms with E-state index in [2.05, 4.69) is 4.99 Å². The standard InChI is InChI=1S/C17H13N3O4S/c1-19(12-6-8-14(21)9-7-12)16-15(25-17(22)18-16)10-11-2-4-13(5-3-11)20(23)24/h2-10,21H,1H3. The van der Waals surface area contributed by atoms with Crippen LogP contribution in [0.3, 0.4) is 0 Å². The number of nitrogens with zero attached hydrogens (tertiary/aromatic N) is 3. The summed E-state index contributed by atoms with van der Waals surface area (Å²) in [5.41, 5.74) is 1.50. The fourth-order valence-electron chi connectivity index (χ4n) is 2.28. The van der Waals surface area contributed by atoms with Crippen molar-refractivity contribution in [1.82, 2.24) is 0 Å². The number of aliphatic imine (C=N–C) groups is 1. The van der Waals surface area contributed by atoms with Gasteiger partial charge >= 0.3 is 5.24 Å². The minimum atomic E-state index is -0.462. The minimum absolute atomic E-state index is 0.00685. The predicted octanol–water partition coefficient (Wildman–Crippen LogP) is 4.04. The number of hydrogen-bond donors (Lipinski definition) is 1. The van der Waals surface area contributed by atoms with Gasteiger partial charge < -0.3 is 10.0 Å². The second kappa shape index (κ2) is 6.78. The number of amides is 1. The fraction of sp³-hybridized carbons (Fsp3) is 0.0588. The van der Waals surface area contributed by atoms with Gasteiger partial charge in [0.15, 0.2) is 5.84 Å². The summed E-state index contributed by atoms with van der Waals surface area (Å²) in [5, 5.41) is 19.8. The number of aromatic hydroxyl groups is 1. The Hall–Kier alpha value is -3.13. The Kier molecular flexibility index (Phi) is 4.53. The number of phenolic OH excluding ortho intramolecular Hbond substituents is 1. The summed E-state index contributed by atoms with van der Waals surface area (Å²) < 4.78 is 0. The van der Waals surface area contributed by atoms with Crippen LogP contribution in [-0.2, 0) is 0 Å². The second-order valence-electron chi connectivity index (χ2n) is 5.24. The van der Waals surface area contributed by atoms with E-state index in [0.717, 1.165) is 23.0 Å². The zero-order chi connectivity index (χ0) is 18.0. The van der Waals surface area contributed by atoms with E-state index in [0.29, 0.717) is 10.7 Å². The highest BCUT2D eigenvalue weighted by Crippen LogP contribution is 2.32. The molecule has 0 unspecified atom stereocenters. The van der Waals surface area contributed by atoms with Crippen LogP contribution in [0.15, 0.2) is 58.4 Å². The number of non-ortho nitro benzene ring substituents is 1. The lowest BCUT2D eigenvalue weighted by molar-refractivity contribution is -0.384. The number of amidine groups is 1. The van der Waals surface area contributed by atoms with Gasteiger partial charge in [0.05, 0.1) is 9.83 Å². The molecule has 1 heterocycles. The maximum Gasteiger partial charge on any atom is 0.311 e. The Balaban J connectivity index is 1.90. The van der Waals surface area contributed by atoms with Gasteiger partial charge in [-0.1, -0.05) is 0 Å². The molecule has 0 spiro atoms. The molecule has 8 heteroatoms. The average Bonchev–Trinajstić information content (AvgIpc) is 2.95. The molecule has 3 rings (SSSR count). The molecule has 0 fully saturated rings. The van der Waals surface area contributed by atoms with Crippen LogP contribution in [0.4, 0.5) is 16.2 Å². The van der Waals surface area contributed by atoms with Crippen molar-refractivity contribution in [2.45, 2.75) is 0 Å². The summed E-state index contributed by atoms with van der Waals surface area (Å²) in [7, 11) is 1.77. The molecule has 25 heavy (non-hydrogen) atoms. The summed E-state index contributed by atoms with van der Waals surface area (Å²) >= 11 is 0.999. The van der Waals surface area contributed by atoms with Crippen LogP contribution in [0.25, 0.3) is 6.08 Å². The third-order valence-electron chi connectivity index (χ3n) is 3.57. The molecular weight excluding hydrogens is 342 g/mol. The first-order valence-electron chi connectivity index (χ1n) is 7.24. The highest BCUT2D eigenvalue weighted by molar-refractivity contribution is 8.18. The van der Waals surface area contributed by atoms with Crippen molar-refractivity contribution in [2.75, 3.05) is 11.9 Å². The lowest BCUT2D eigenvalue weighted by atomic mass is 10.2.